The number of aromatic nitrogens is 1. The van der Waals surface area contributed by atoms with Crippen molar-refractivity contribution >= 4 is 0 Å². The van der Waals surface area contributed by atoms with Crippen molar-refractivity contribution in [3.05, 3.63) is 29.6 Å². The lowest BCUT2D eigenvalue weighted by molar-refractivity contribution is 0.0742. The minimum Gasteiger partial charge on any atom is -0.366 e. The molecule has 0 amide bonds. The molecule has 2 heteroatoms. The number of aryl methyl sites for hydroxylation is 1. The SMILES string of the molecule is COC(C)(C)C#Cc1cncc(C)c1. The molecule has 1 rings (SSSR count). The maximum absolute atomic E-state index is 5.20. The topological polar surface area (TPSA) is 22.1 Å². The Morgan fingerprint density at radius 1 is 1.36 bits per heavy atom. The summed E-state index contributed by atoms with van der Waals surface area (Å²) < 4.78 is 5.20. The standard InChI is InChI=1S/C12H15NO/c1-10-7-11(9-13-8-10)5-6-12(2,3)14-4/h7-9H,1-4H3. The normalized spacial score (nSPS) is 10.6. The first kappa shape index (κ1) is 10.7. The summed E-state index contributed by atoms with van der Waals surface area (Å²) in [5.74, 6) is 6.08. The van der Waals surface area contributed by atoms with Gasteiger partial charge in [0.05, 0.1) is 0 Å². The zero-order chi connectivity index (χ0) is 10.6. The third kappa shape index (κ3) is 3.20. The summed E-state index contributed by atoms with van der Waals surface area (Å²) in [4.78, 5) is 4.07. The quantitative estimate of drug-likeness (QED) is 0.632. The number of nitrogens with zero attached hydrogens (tertiary/aromatic N) is 1. The van der Waals surface area contributed by atoms with Crippen molar-refractivity contribution in [3.8, 4) is 11.8 Å². The summed E-state index contributed by atoms with van der Waals surface area (Å²) in [6.45, 7) is 5.87. The minimum atomic E-state index is -0.399. The maximum Gasteiger partial charge on any atom is 0.123 e. The van der Waals surface area contributed by atoms with Gasteiger partial charge in [0.1, 0.15) is 5.60 Å². The molecule has 1 aromatic rings. The summed E-state index contributed by atoms with van der Waals surface area (Å²) in [6.07, 6.45) is 3.57. The Labute approximate surface area is 85.3 Å². The molecule has 0 N–H and O–H groups in total. The van der Waals surface area contributed by atoms with Crippen LogP contribution in [0.3, 0.4) is 0 Å². The van der Waals surface area contributed by atoms with Crippen molar-refractivity contribution in [1.82, 2.24) is 4.98 Å². The van der Waals surface area contributed by atoms with Crippen LogP contribution in [0.15, 0.2) is 18.5 Å². The number of pyridine rings is 1. The molecule has 1 heterocycles. The molecular formula is C12H15NO. The van der Waals surface area contributed by atoms with Crippen LogP contribution in [0.1, 0.15) is 25.0 Å². The first-order valence-corrected chi connectivity index (χ1v) is 4.53. The third-order valence-corrected chi connectivity index (χ3v) is 1.89. The monoisotopic (exact) mass is 189 g/mol. The maximum atomic E-state index is 5.20. The molecule has 0 fully saturated rings. The summed E-state index contributed by atoms with van der Waals surface area (Å²) in [6, 6.07) is 2.01. The Hall–Kier alpha value is -1.33. The van der Waals surface area contributed by atoms with Crippen molar-refractivity contribution in [2.75, 3.05) is 7.11 Å². The lowest BCUT2D eigenvalue weighted by atomic mass is 10.1. The van der Waals surface area contributed by atoms with Gasteiger partial charge in [0.15, 0.2) is 0 Å². The van der Waals surface area contributed by atoms with Gasteiger partial charge in [-0.1, -0.05) is 11.8 Å². The average molecular weight is 189 g/mol. The predicted molar refractivity (Wildman–Crippen MR) is 56.9 cm³/mol. The zero-order valence-corrected chi connectivity index (χ0v) is 9.09. The lowest BCUT2D eigenvalue weighted by Gasteiger charge is -2.14. The van der Waals surface area contributed by atoms with E-state index in [1.165, 1.54) is 0 Å². The molecule has 0 aliphatic carbocycles. The molecule has 0 unspecified atom stereocenters. The molecule has 74 valence electrons. The molecule has 0 spiro atoms. The number of rotatable bonds is 1. The zero-order valence-electron chi connectivity index (χ0n) is 9.09. The van der Waals surface area contributed by atoms with E-state index in [1.807, 2.05) is 33.0 Å². The predicted octanol–water partition coefficient (Wildman–Crippen LogP) is 2.17. The van der Waals surface area contributed by atoms with E-state index in [0.717, 1.165) is 11.1 Å². The van der Waals surface area contributed by atoms with Gasteiger partial charge in [0.2, 0.25) is 0 Å². The highest BCUT2D eigenvalue weighted by Crippen LogP contribution is 2.06. The van der Waals surface area contributed by atoms with Gasteiger partial charge in [0, 0.05) is 25.1 Å². The van der Waals surface area contributed by atoms with Crippen LogP contribution in [0.4, 0.5) is 0 Å². The van der Waals surface area contributed by atoms with E-state index in [1.54, 1.807) is 13.3 Å². The van der Waals surface area contributed by atoms with Gasteiger partial charge in [-0.05, 0) is 32.4 Å². The molecular weight excluding hydrogens is 174 g/mol. The molecule has 2 nitrogen and oxygen atoms in total. The largest absolute Gasteiger partial charge is 0.366 e. The van der Waals surface area contributed by atoms with Crippen LogP contribution in [-0.2, 0) is 4.74 Å². The fourth-order valence-corrected chi connectivity index (χ4v) is 0.897. The van der Waals surface area contributed by atoms with E-state index in [-0.39, 0.29) is 0 Å². The van der Waals surface area contributed by atoms with Gasteiger partial charge in [-0.15, -0.1) is 0 Å². The fraction of sp³-hybridized carbons (Fsp3) is 0.417. The van der Waals surface area contributed by atoms with Crippen LogP contribution in [0.25, 0.3) is 0 Å². The second kappa shape index (κ2) is 4.26. The molecule has 0 aliphatic heterocycles. The van der Waals surface area contributed by atoms with Gasteiger partial charge < -0.3 is 4.74 Å². The third-order valence-electron chi connectivity index (χ3n) is 1.89. The van der Waals surface area contributed by atoms with Gasteiger partial charge in [-0.2, -0.15) is 0 Å². The van der Waals surface area contributed by atoms with Crippen molar-refractivity contribution in [1.29, 1.82) is 0 Å². The van der Waals surface area contributed by atoms with Gasteiger partial charge in [-0.25, -0.2) is 0 Å². The van der Waals surface area contributed by atoms with E-state index in [0.29, 0.717) is 0 Å². The molecule has 0 aliphatic rings. The van der Waals surface area contributed by atoms with Gasteiger partial charge in [0.25, 0.3) is 0 Å². The highest BCUT2D eigenvalue weighted by Gasteiger charge is 2.10. The van der Waals surface area contributed by atoms with Crippen LogP contribution in [0, 0.1) is 18.8 Å². The van der Waals surface area contributed by atoms with E-state index < -0.39 is 5.60 Å². The second-order valence-corrected chi connectivity index (χ2v) is 3.72. The first-order valence-electron chi connectivity index (χ1n) is 4.53. The highest BCUT2D eigenvalue weighted by molar-refractivity contribution is 5.35. The van der Waals surface area contributed by atoms with E-state index in [4.69, 9.17) is 4.74 Å². The van der Waals surface area contributed by atoms with Crippen LogP contribution >= 0.6 is 0 Å². The molecule has 1 aromatic heterocycles. The van der Waals surface area contributed by atoms with E-state index in [2.05, 4.69) is 16.8 Å². The highest BCUT2D eigenvalue weighted by atomic mass is 16.5. The summed E-state index contributed by atoms with van der Waals surface area (Å²) in [5.41, 5.74) is 1.64. The fourth-order valence-electron chi connectivity index (χ4n) is 0.897. The van der Waals surface area contributed by atoms with Crippen molar-refractivity contribution < 1.29 is 4.74 Å². The lowest BCUT2D eigenvalue weighted by Crippen LogP contribution is -2.19. The average Bonchev–Trinajstić information content (AvgIpc) is 2.15. The number of hydrogen-bond donors (Lipinski definition) is 0. The Morgan fingerprint density at radius 2 is 2.07 bits per heavy atom. The van der Waals surface area contributed by atoms with E-state index in [9.17, 15) is 0 Å². The Bertz CT molecular complexity index is 371. The van der Waals surface area contributed by atoms with Crippen molar-refractivity contribution in [3.63, 3.8) is 0 Å². The van der Waals surface area contributed by atoms with Crippen LogP contribution < -0.4 is 0 Å². The van der Waals surface area contributed by atoms with Crippen LogP contribution in [-0.4, -0.2) is 17.7 Å². The molecule has 0 atom stereocenters. The number of ether oxygens (including phenoxy) is 1. The second-order valence-electron chi connectivity index (χ2n) is 3.72. The molecule has 14 heavy (non-hydrogen) atoms. The van der Waals surface area contributed by atoms with Gasteiger partial charge >= 0.3 is 0 Å². The first-order chi connectivity index (χ1) is 6.53. The molecule has 0 saturated heterocycles. The van der Waals surface area contributed by atoms with Crippen molar-refractivity contribution in [2.45, 2.75) is 26.4 Å². The smallest absolute Gasteiger partial charge is 0.123 e. The van der Waals surface area contributed by atoms with Crippen LogP contribution in [0.5, 0.6) is 0 Å². The Morgan fingerprint density at radius 3 is 2.64 bits per heavy atom. The summed E-state index contributed by atoms with van der Waals surface area (Å²) >= 11 is 0. The molecule has 0 radical (unpaired) electrons. The number of methoxy groups -OCH3 is 1. The van der Waals surface area contributed by atoms with Gasteiger partial charge in [-0.3, -0.25) is 4.98 Å². The minimum absolute atomic E-state index is 0.399. The molecule has 0 aromatic carbocycles. The van der Waals surface area contributed by atoms with Crippen LogP contribution in [0.2, 0.25) is 0 Å². The molecule has 0 saturated carbocycles. The molecule has 0 bridgehead atoms. The number of hydrogen-bond acceptors (Lipinski definition) is 2. The van der Waals surface area contributed by atoms with E-state index >= 15 is 0 Å². The Kier molecular flexibility index (Phi) is 3.27. The Balaban J connectivity index is 2.88. The summed E-state index contributed by atoms with van der Waals surface area (Å²) in [7, 11) is 1.66. The summed E-state index contributed by atoms with van der Waals surface area (Å²) in [5, 5.41) is 0. The van der Waals surface area contributed by atoms with Crippen molar-refractivity contribution in [2.24, 2.45) is 0 Å².